The number of carbonyl (C=O) groups excluding carboxylic acids is 4. The van der Waals surface area contributed by atoms with E-state index in [0.29, 0.717) is 170 Å². The lowest BCUT2D eigenvalue weighted by Crippen LogP contribution is -2.48. The predicted molar refractivity (Wildman–Crippen MR) is 533 cm³/mol. The first kappa shape index (κ1) is 93.4. The van der Waals surface area contributed by atoms with Crippen LogP contribution < -0.4 is 60.5 Å². The summed E-state index contributed by atoms with van der Waals surface area (Å²) in [5.74, 6) is 5.95. The maximum Gasteiger partial charge on any atom is 0.251 e. The Morgan fingerprint density at radius 3 is 1.01 bits per heavy atom. The molecular weight excluding hydrogens is 1770 g/mol. The van der Waals surface area contributed by atoms with Crippen molar-refractivity contribution in [3.8, 4) is 45.0 Å². The summed E-state index contributed by atoms with van der Waals surface area (Å²) in [6, 6.07) is 49.0. The lowest BCUT2D eigenvalue weighted by molar-refractivity contribution is -0.00571. The van der Waals surface area contributed by atoms with Crippen molar-refractivity contribution in [3.63, 3.8) is 0 Å². The summed E-state index contributed by atoms with van der Waals surface area (Å²) in [6.45, 7) is 19.7. The molecule has 11 atom stereocenters. The van der Waals surface area contributed by atoms with Gasteiger partial charge in [0.05, 0.1) is 197 Å². The number of fused-ring (bicyclic) bond motifs is 12. The van der Waals surface area contributed by atoms with E-state index in [0.717, 1.165) is 214 Å². The van der Waals surface area contributed by atoms with Gasteiger partial charge in [-0.05, 0) is 169 Å². The van der Waals surface area contributed by atoms with Gasteiger partial charge in [-0.15, -0.1) is 0 Å². The molecule has 724 valence electrons. The molecular formula is C103H120N24O12. The summed E-state index contributed by atoms with van der Waals surface area (Å²) < 4.78 is 45.7. The molecule has 11 aliphatic rings. The highest BCUT2D eigenvalue weighted by Crippen LogP contribution is 2.44. The number of carbonyl (C=O) groups is 4. The van der Waals surface area contributed by atoms with Crippen LogP contribution in [0.3, 0.4) is 0 Å². The van der Waals surface area contributed by atoms with Gasteiger partial charge in [0.15, 0.2) is 22.6 Å². The SMILES string of the molecule is CNC(=O)c1cccc(-c2ccc3c(N4C5CCC4COC5)nc(N(C)CCOC)nc3n2)c1.CNC(=O)c1cccc(-c2ccc3c(N4C5CCC4COC5)nc(N4CCOCC4)nc3n2)c1.CNC(=O)c1cccc(-c2ccc3c(N4C5CCC4COC5)nc(N4CCOC[C@@H]4C)nc3n2)c1.CNC(=O)c1cccc(-c2ccc3c(N4C5CCC4COC5)nc(N4C[C@@H](C)O[C@@H](C)C4)nc3n2)c1. The van der Waals surface area contributed by atoms with Crippen molar-refractivity contribution in [2.75, 3.05) is 207 Å². The van der Waals surface area contributed by atoms with Gasteiger partial charge in [0, 0.05) is 126 Å². The van der Waals surface area contributed by atoms with Crippen LogP contribution in [0.5, 0.6) is 0 Å². The third-order valence-electron chi connectivity index (χ3n) is 28.2. The number of methoxy groups -OCH3 is 1. The Balaban J connectivity index is 0.000000114. The molecule has 12 aromatic rings. The molecule has 0 radical (unpaired) electrons. The van der Waals surface area contributed by atoms with Crippen LogP contribution in [0, 0.1) is 0 Å². The number of benzene rings is 4. The number of likely N-dealkylation sites (N-methyl/N-ethyl adjacent to an activating group) is 1. The third kappa shape index (κ3) is 19.6. The maximum absolute atomic E-state index is 12.2. The minimum Gasteiger partial charge on any atom is -0.383 e. The Hall–Kier alpha value is -13.2. The summed E-state index contributed by atoms with van der Waals surface area (Å²) >= 11 is 0. The standard InChI is InChI=1S/C27H32N6O3.C26H30N6O3.C25H28N6O3.C25H30N6O3/c1-16-12-32(13-17(2)36-16)27-30-24-22(25(31-27)33-20-7-8-21(33)15-35-14-20)9-10-23(29-24)18-5-4-6-19(11-18)26(34)28-3;1-16-13-34-11-10-31(16)26-29-23-21(24(30-26)32-19-6-7-20(32)15-35-14-19)8-9-22(28-23)17-4-3-5-18(12-17)25(33)27-2;1-26-24(32)17-4-2-3-16(13-17)21-8-7-20-22(27-21)28-25(30-9-11-33-12-10-30)29-23(20)31-18-5-6-19(31)15-34-14-18;1-26-24(32)17-6-4-5-16(13-17)21-10-9-20-22(27-21)28-25(30(2)11-12-33-3)29-23(20)31-18-7-8-19(31)15-34-14-18/h4-6,9-11,16-17,20-21H,7-8,12-15H2,1-3H3,(H,28,34);3-5,8-9,12,16,19-20H,6-7,10-11,13-15H2,1-2H3,(H,27,33);2-4,7-8,13,18-19H,5-6,9-12,14-15H2,1H3,(H,26,32);4-6,9-10,13,18-19H,7-8,11-12,14-15H2,1-3H3,(H,26,32)/t16-,17+,20?,21?;16-,19?,20?;;/m.0../s1. The van der Waals surface area contributed by atoms with Crippen molar-refractivity contribution < 1.29 is 57.1 Å². The normalized spacial score (nSPS) is 23.0. The number of nitrogens with zero attached hydrogens (tertiary/aromatic N) is 20. The lowest BCUT2D eigenvalue weighted by Gasteiger charge is -2.38. The van der Waals surface area contributed by atoms with Crippen molar-refractivity contribution in [2.45, 2.75) is 139 Å². The number of hydrogen-bond donors (Lipinski definition) is 4. The molecule has 139 heavy (non-hydrogen) atoms. The molecule has 0 spiro atoms. The van der Waals surface area contributed by atoms with Crippen LogP contribution in [-0.4, -0.2) is 318 Å². The predicted octanol–water partition coefficient (Wildman–Crippen LogP) is 10.4. The fraction of sp³-hybridized carbons (Fsp3) is 0.456. The van der Waals surface area contributed by atoms with E-state index in [1.165, 1.54) is 0 Å². The van der Waals surface area contributed by atoms with Gasteiger partial charge in [0.25, 0.3) is 23.6 Å². The fourth-order valence-corrected chi connectivity index (χ4v) is 21.2. The number of morpholine rings is 7. The van der Waals surface area contributed by atoms with Gasteiger partial charge in [-0.2, -0.15) is 39.9 Å². The Morgan fingerprint density at radius 1 is 0.360 bits per heavy atom. The second-order valence-electron chi connectivity index (χ2n) is 37.4. The highest BCUT2D eigenvalue weighted by Gasteiger charge is 2.45. The van der Waals surface area contributed by atoms with Crippen LogP contribution in [-0.2, 0) is 37.9 Å². The first-order chi connectivity index (χ1) is 67.9. The summed E-state index contributed by atoms with van der Waals surface area (Å²) in [6.07, 6.45) is 9.05. The van der Waals surface area contributed by atoms with Gasteiger partial charge in [0.1, 0.15) is 23.3 Å². The first-order valence-electron chi connectivity index (χ1n) is 48.7. The van der Waals surface area contributed by atoms with E-state index >= 15 is 0 Å². The van der Waals surface area contributed by atoms with E-state index in [-0.39, 0.29) is 41.9 Å². The van der Waals surface area contributed by atoms with Crippen LogP contribution in [0.25, 0.3) is 89.2 Å². The fourth-order valence-electron chi connectivity index (χ4n) is 21.2. The minimum atomic E-state index is -0.128. The van der Waals surface area contributed by atoms with Gasteiger partial charge < -0.3 is 98.4 Å². The number of pyridine rings is 4. The van der Waals surface area contributed by atoms with Gasteiger partial charge >= 0.3 is 0 Å². The molecule has 11 saturated heterocycles. The zero-order chi connectivity index (χ0) is 95.5. The third-order valence-corrected chi connectivity index (χ3v) is 28.2. The molecule has 0 saturated carbocycles. The van der Waals surface area contributed by atoms with E-state index in [1.54, 1.807) is 59.6 Å². The maximum atomic E-state index is 12.2. The van der Waals surface area contributed by atoms with E-state index in [1.807, 2.05) is 115 Å². The number of nitrogens with one attached hydrogen (secondary N) is 4. The molecule has 36 heteroatoms. The molecule has 8 unspecified atom stereocenters. The van der Waals surface area contributed by atoms with Crippen LogP contribution in [0.4, 0.5) is 47.1 Å². The van der Waals surface area contributed by atoms with E-state index in [9.17, 15) is 19.2 Å². The summed E-state index contributed by atoms with van der Waals surface area (Å²) in [5.41, 5.74) is 11.6. The van der Waals surface area contributed by atoms with Gasteiger partial charge in [0.2, 0.25) is 23.8 Å². The Morgan fingerprint density at radius 2 is 0.676 bits per heavy atom. The molecule has 4 N–H and O–H groups in total. The average molecular weight is 1890 g/mol. The number of ether oxygens (including phenoxy) is 8. The molecule has 8 aromatic heterocycles. The molecule has 11 aliphatic heterocycles. The Bertz CT molecular complexity index is 6470. The summed E-state index contributed by atoms with van der Waals surface area (Å²) in [4.78, 5) is 127. The van der Waals surface area contributed by atoms with Crippen LogP contribution >= 0.6 is 0 Å². The molecule has 23 rings (SSSR count). The number of aromatic nitrogens is 12. The van der Waals surface area contributed by atoms with Gasteiger partial charge in [-0.25, -0.2) is 19.9 Å². The van der Waals surface area contributed by atoms with E-state index < -0.39 is 0 Å². The van der Waals surface area contributed by atoms with E-state index in [4.69, 9.17) is 97.7 Å². The van der Waals surface area contributed by atoms with Crippen molar-refractivity contribution in [2.24, 2.45) is 0 Å². The zero-order valence-corrected chi connectivity index (χ0v) is 80.1. The number of amides is 4. The molecule has 36 nitrogen and oxygen atoms in total. The molecule has 19 heterocycles. The molecule has 4 amide bonds. The highest BCUT2D eigenvalue weighted by atomic mass is 16.5. The minimum absolute atomic E-state index is 0.0998. The molecule has 4 aromatic carbocycles. The topological polar surface area (TPSA) is 371 Å². The zero-order valence-electron chi connectivity index (χ0n) is 80.1. The van der Waals surface area contributed by atoms with Crippen molar-refractivity contribution >= 4 is 115 Å². The Labute approximate surface area is 807 Å². The van der Waals surface area contributed by atoms with Crippen molar-refractivity contribution in [1.29, 1.82) is 0 Å². The van der Waals surface area contributed by atoms with Crippen molar-refractivity contribution in [3.05, 3.63) is 168 Å². The van der Waals surface area contributed by atoms with E-state index in [2.05, 4.69) is 94.5 Å². The number of hydrogen-bond acceptors (Lipinski definition) is 32. The quantitative estimate of drug-likeness (QED) is 0.0584. The molecule has 8 bridgehead atoms. The monoisotopic (exact) mass is 1880 g/mol. The molecule has 11 fully saturated rings. The van der Waals surface area contributed by atoms with Gasteiger partial charge in [-0.3, -0.25) is 19.2 Å². The van der Waals surface area contributed by atoms with Crippen LogP contribution in [0.1, 0.15) is 114 Å². The highest BCUT2D eigenvalue weighted by molar-refractivity contribution is 6.00. The second kappa shape index (κ2) is 41.5. The Kier molecular flexibility index (Phi) is 27.9. The molecule has 0 aliphatic carbocycles. The van der Waals surface area contributed by atoms with Crippen molar-refractivity contribution in [1.82, 2.24) is 81.1 Å². The summed E-state index contributed by atoms with van der Waals surface area (Å²) in [5, 5.41) is 14.5. The first-order valence-corrected chi connectivity index (χ1v) is 48.7. The van der Waals surface area contributed by atoms with Crippen LogP contribution in [0.15, 0.2) is 146 Å². The second-order valence-corrected chi connectivity index (χ2v) is 37.4. The summed E-state index contributed by atoms with van der Waals surface area (Å²) in [7, 11) is 10.2. The smallest absolute Gasteiger partial charge is 0.251 e. The number of anilines is 8. The lowest BCUT2D eigenvalue weighted by atomic mass is 10.1. The van der Waals surface area contributed by atoms with Gasteiger partial charge in [-0.1, -0.05) is 48.5 Å². The average Bonchev–Trinajstić information content (AvgIpc) is 1.72. The largest absolute Gasteiger partial charge is 0.383 e. The van der Waals surface area contributed by atoms with Crippen LogP contribution in [0.2, 0.25) is 0 Å². The number of rotatable bonds is 19.